The Morgan fingerprint density at radius 3 is 2.62 bits per heavy atom. The van der Waals surface area contributed by atoms with Gasteiger partial charge in [-0.2, -0.15) is 4.98 Å². The fourth-order valence-electron chi connectivity index (χ4n) is 4.44. The Kier molecular flexibility index (Phi) is 6.07. The molecule has 9 nitrogen and oxygen atoms in total. The highest BCUT2D eigenvalue weighted by atomic mass is 16.2. The van der Waals surface area contributed by atoms with E-state index < -0.39 is 17.4 Å². The Labute approximate surface area is 185 Å². The minimum absolute atomic E-state index is 0.0758. The average Bonchev–Trinajstić information content (AvgIpc) is 2.78. The lowest BCUT2D eigenvalue weighted by atomic mass is 9.92. The average molecular weight is 438 g/mol. The normalized spacial score (nSPS) is 20.3. The number of hydrogen-bond acceptors (Lipinski definition) is 6. The molecule has 9 heteroatoms. The fourth-order valence-corrected chi connectivity index (χ4v) is 4.44. The largest absolute Gasteiger partial charge is 0.339 e. The monoisotopic (exact) mass is 437 g/mol. The quantitative estimate of drug-likeness (QED) is 0.618. The van der Waals surface area contributed by atoms with Crippen LogP contribution in [0.25, 0.3) is 0 Å². The molecule has 3 N–H and O–H groups in total. The first-order valence-corrected chi connectivity index (χ1v) is 11.0. The van der Waals surface area contributed by atoms with E-state index in [2.05, 4.69) is 32.4 Å². The number of nitrogens with one attached hydrogen (secondary N) is 3. The molecule has 1 saturated heterocycles. The minimum Gasteiger partial charge on any atom is -0.339 e. The van der Waals surface area contributed by atoms with Crippen LogP contribution in [-0.4, -0.2) is 40.2 Å². The highest BCUT2D eigenvalue weighted by Crippen LogP contribution is 2.31. The van der Waals surface area contributed by atoms with Crippen LogP contribution in [0.5, 0.6) is 0 Å². The third-order valence-corrected chi connectivity index (χ3v) is 6.18. The SMILES string of the molecule is CCC1CCCCN1c1nc2c(c(=O)[nH]1)C(C(=O)Nc1ccc(C(C)=O)cc1)CC(=O)N2. The maximum absolute atomic E-state index is 13.0. The number of rotatable bonds is 5. The van der Waals surface area contributed by atoms with E-state index in [1.807, 2.05) is 0 Å². The second kappa shape index (κ2) is 8.94. The van der Waals surface area contributed by atoms with E-state index in [-0.39, 0.29) is 35.5 Å². The van der Waals surface area contributed by atoms with Crippen LogP contribution < -0.4 is 21.1 Å². The number of anilines is 3. The number of aromatic amines is 1. The predicted molar refractivity (Wildman–Crippen MR) is 121 cm³/mol. The van der Waals surface area contributed by atoms with Crippen LogP contribution in [-0.2, 0) is 9.59 Å². The van der Waals surface area contributed by atoms with E-state index in [1.165, 1.54) is 6.92 Å². The highest BCUT2D eigenvalue weighted by molar-refractivity contribution is 6.04. The lowest BCUT2D eigenvalue weighted by Gasteiger charge is -2.36. The number of carbonyl (C=O) groups excluding carboxylic acids is 3. The molecular weight excluding hydrogens is 410 g/mol. The molecule has 32 heavy (non-hydrogen) atoms. The van der Waals surface area contributed by atoms with Crippen LogP contribution in [0.3, 0.4) is 0 Å². The van der Waals surface area contributed by atoms with Gasteiger partial charge in [0.2, 0.25) is 17.8 Å². The Morgan fingerprint density at radius 2 is 1.94 bits per heavy atom. The van der Waals surface area contributed by atoms with Gasteiger partial charge in [-0.15, -0.1) is 0 Å². The molecule has 2 atom stereocenters. The predicted octanol–water partition coefficient (Wildman–Crippen LogP) is 2.81. The van der Waals surface area contributed by atoms with Crippen LogP contribution >= 0.6 is 0 Å². The smallest absolute Gasteiger partial charge is 0.258 e. The lowest BCUT2D eigenvalue weighted by Crippen LogP contribution is -2.43. The highest BCUT2D eigenvalue weighted by Gasteiger charge is 2.35. The molecule has 2 amide bonds. The van der Waals surface area contributed by atoms with Crippen molar-refractivity contribution in [2.75, 3.05) is 22.1 Å². The Bertz CT molecular complexity index is 1110. The van der Waals surface area contributed by atoms with Crippen molar-refractivity contribution in [1.29, 1.82) is 0 Å². The zero-order chi connectivity index (χ0) is 22.8. The molecule has 2 aromatic rings. The second-order valence-electron chi connectivity index (χ2n) is 8.33. The van der Waals surface area contributed by atoms with Gasteiger partial charge in [0.1, 0.15) is 5.82 Å². The standard InChI is InChI=1S/C23H27N5O4/c1-3-16-6-4-5-11-28(16)23-26-20-19(22(32)27-23)17(12-18(30)25-20)21(31)24-15-9-7-14(8-10-15)13(2)29/h7-10,16-17H,3-6,11-12H2,1-2H3,(H,24,31)(H2,25,26,27,30,32). The summed E-state index contributed by atoms with van der Waals surface area (Å²) in [5, 5.41) is 5.41. The second-order valence-corrected chi connectivity index (χ2v) is 8.33. The van der Waals surface area contributed by atoms with Crippen LogP contribution in [0, 0.1) is 0 Å². The molecule has 1 aromatic carbocycles. The van der Waals surface area contributed by atoms with Gasteiger partial charge in [-0.05, 0) is 56.9 Å². The van der Waals surface area contributed by atoms with Crippen molar-refractivity contribution >= 4 is 35.1 Å². The summed E-state index contributed by atoms with van der Waals surface area (Å²) in [7, 11) is 0. The zero-order valence-electron chi connectivity index (χ0n) is 18.2. The number of carbonyl (C=O) groups is 3. The van der Waals surface area contributed by atoms with Gasteiger partial charge in [0, 0.05) is 30.3 Å². The number of fused-ring (bicyclic) bond motifs is 1. The molecule has 0 radical (unpaired) electrons. The molecule has 3 heterocycles. The van der Waals surface area contributed by atoms with E-state index in [0.29, 0.717) is 17.2 Å². The Morgan fingerprint density at radius 1 is 1.19 bits per heavy atom. The molecule has 2 aliphatic heterocycles. The summed E-state index contributed by atoms with van der Waals surface area (Å²) in [5.41, 5.74) is 0.753. The molecule has 0 spiro atoms. The van der Waals surface area contributed by atoms with Gasteiger partial charge in [-0.3, -0.25) is 24.2 Å². The summed E-state index contributed by atoms with van der Waals surface area (Å²) in [4.78, 5) is 59.2. The number of nitrogens with zero attached hydrogens (tertiary/aromatic N) is 2. The van der Waals surface area contributed by atoms with Gasteiger partial charge in [0.05, 0.1) is 11.5 Å². The Hall–Kier alpha value is -3.49. The van der Waals surface area contributed by atoms with Crippen LogP contribution in [0.1, 0.15) is 67.8 Å². The number of benzene rings is 1. The maximum Gasteiger partial charge on any atom is 0.258 e. The first kappa shape index (κ1) is 21.7. The van der Waals surface area contributed by atoms with Gasteiger partial charge in [-0.1, -0.05) is 6.92 Å². The van der Waals surface area contributed by atoms with Crippen molar-refractivity contribution in [1.82, 2.24) is 9.97 Å². The van der Waals surface area contributed by atoms with Gasteiger partial charge in [-0.25, -0.2) is 0 Å². The number of Topliss-reactive ketones (excluding diaryl/α,β-unsaturated/α-hetero) is 1. The molecular formula is C23H27N5O4. The van der Waals surface area contributed by atoms with E-state index in [4.69, 9.17) is 0 Å². The summed E-state index contributed by atoms with van der Waals surface area (Å²) in [6, 6.07) is 6.74. The number of ketones is 1. The van der Waals surface area contributed by atoms with Crippen molar-refractivity contribution in [2.45, 2.75) is 57.9 Å². The van der Waals surface area contributed by atoms with Crippen molar-refractivity contribution < 1.29 is 14.4 Å². The number of H-pyrrole nitrogens is 1. The number of piperidine rings is 1. The maximum atomic E-state index is 13.0. The molecule has 2 unspecified atom stereocenters. The number of amides is 2. The van der Waals surface area contributed by atoms with Gasteiger partial charge in [0.25, 0.3) is 5.56 Å². The topological polar surface area (TPSA) is 124 Å². The van der Waals surface area contributed by atoms with E-state index >= 15 is 0 Å². The Balaban J connectivity index is 1.62. The van der Waals surface area contributed by atoms with E-state index in [9.17, 15) is 19.2 Å². The molecule has 2 aliphatic rings. The van der Waals surface area contributed by atoms with Crippen LogP contribution in [0.4, 0.5) is 17.5 Å². The molecule has 0 aliphatic carbocycles. The summed E-state index contributed by atoms with van der Waals surface area (Å²) >= 11 is 0. The third kappa shape index (κ3) is 4.28. The van der Waals surface area contributed by atoms with Gasteiger partial charge < -0.3 is 15.5 Å². The van der Waals surface area contributed by atoms with E-state index in [1.54, 1.807) is 24.3 Å². The summed E-state index contributed by atoms with van der Waals surface area (Å²) < 4.78 is 0. The van der Waals surface area contributed by atoms with Gasteiger partial charge >= 0.3 is 0 Å². The van der Waals surface area contributed by atoms with E-state index in [0.717, 1.165) is 32.2 Å². The lowest BCUT2D eigenvalue weighted by molar-refractivity contribution is -0.123. The third-order valence-electron chi connectivity index (χ3n) is 6.18. The van der Waals surface area contributed by atoms with Crippen molar-refractivity contribution in [2.24, 2.45) is 0 Å². The minimum atomic E-state index is -0.958. The van der Waals surface area contributed by atoms with Gasteiger partial charge in [0.15, 0.2) is 5.78 Å². The summed E-state index contributed by atoms with van der Waals surface area (Å²) in [5.74, 6) is -1.29. The van der Waals surface area contributed by atoms with Crippen molar-refractivity contribution in [3.63, 3.8) is 0 Å². The molecule has 1 fully saturated rings. The van der Waals surface area contributed by atoms with Crippen molar-refractivity contribution in [3.8, 4) is 0 Å². The fraction of sp³-hybridized carbons (Fsp3) is 0.435. The van der Waals surface area contributed by atoms with Crippen LogP contribution in [0.2, 0.25) is 0 Å². The molecule has 1 aromatic heterocycles. The summed E-state index contributed by atoms with van der Waals surface area (Å²) in [6.45, 7) is 4.35. The van der Waals surface area contributed by atoms with Crippen LogP contribution in [0.15, 0.2) is 29.1 Å². The summed E-state index contributed by atoms with van der Waals surface area (Å²) in [6.07, 6.45) is 3.96. The number of aromatic nitrogens is 2. The molecule has 168 valence electrons. The first-order valence-electron chi connectivity index (χ1n) is 11.0. The number of hydrogen-bond donors (Lipinski definition) is 3. The molecule has 4 rings (SSSR count). The van der Waals surface area contributed by atoms with Crippen molar-refractivity contribution in [3.05, 3.63) is 45.7 Å². The zero-order valence-corrected chi connectivity index (χ0v) is 18.2. The molecule has 0 saturated carbocycles. The first-order chi connectivity index (χ1) is 15.4. The molecule has 0 bridgehead atoms.